The van der Waals surface area contributed by atoms with E-state index in [2.05, 4.69) is 38.7 Å². The van der Waals surface area contributed by atoms with Crippen LogP contribution in [0.25, 0.3) is 32.1 Å². The number of nitriles is 1. The molecule has 4 aliphatic heterocycles. The Morgan fingerprint density at radius 2 is 1.98 bits per heavy atom. The Morgan fingerprint density at radius 3 is 2.74 bits per heavy atom. The second-order valence-corrected chi connectivity index (χ2v) is 18.0. The first-order valence-corrected chi connectivity index (χ1v) is 20.7. The van der Waals surface area contributed by atoms with Crippen molar-refractivity contribution in [2.24, 2.45) is 11.3 Å². The molecule has 57 heavy (non-hydrogen) atoms. The van der Waals surface area contributed by atoms with Crippen molar-refractivity contribution in [2.45, 2.75) is 70.1 Å². The number of ether oxygens (including phenoxy) is 1. The van der Waals surface area contributed by atoms with Gasteiger partial charge < -0.3 is 20.3 Å². The third-order valence-corrected chi connectivity index (χ3v) is 13.9. The average molecular weight is 840 g/mol. The lowest BCUT2D eigenvalue weighted by atomic mass is 9.64. The highest BCUT2D eigenvalue weighted by Gasteiger charge is 2.57. The van der Waals surface area contributed by atoms with Crippen molar-refractivity contribution in [2.75, 3.05) is 50.0 Å². The number of rotatable bonds is 6. The molecule has 4 aliphatic rings. The number of hydrogen-bond acceptors (Lipinski definition) is 11. The van der Waals surface area contributed by atoms with Crippen molar-refractivity contribution in [3.05, 3.63) is 52.0 Å². The Hall–Kier alpha value is -4.43. The molecular weight excluding hydrogens is 800 g/mol. The Balaban J connectivity index is 1.16. The van der Waals surface area contributed by atoms with Gasteiger partial charge in [0.2, 0.25) is 5.28 Å². The molecule has 0 unspecified atom stereocenters. The zero-order chi connectivity index (χ0) is 40.0. The van der Waals surface area contributed by atoms with Crippen molar-refractivity contribution in [3.63, 3.8) is 0 Å². The molecule has 0 saturated carbocycles. The van der Waals surface area contributed by atoms with E-state index in [1.54, 1.807) is 11.0 Å². The number of nitrogen functional groups attached to an aromatic ring is 1. The van der Waals surface area contributed by atoms with Gasteiger partial charge in [-0.2, -0.15) is 19.9 Å². The Kier molecular flexibility index (Phi) is 9.45. The van der Waals surface area contributed by atoms with Gasteiger partial charge in [0.15, 0.2) is 5.82 Å². The summed E-state index contributed by atoms with van der Waals surface area (Å²) in [5.74, 6) is -0.900. The number of nitrogens with zero attached hydrogens (tertiary/aromatic N) is 9. The molecule has 2 aromatic carbocycles. The van der Waals surface area contributed by atoms with Gasteiger partial charge >= 0.3 is 12.0 Å². The molecule has 3 aromatic heterocycles. The number of thiophene rings is 1. The quantitative estimate of drug-likeness (QED) is 0.178. The molecule has 0 aliphatic carbocycles. The van der Waals surface area contributed by atoms with Gasteiger partial charge in [-0.3, -0.25) is 4.90 Å². The van der Waals surface area contributed by atoms with Crippen molar-refractivity contribution in [1.82, 2.24) is 34.5 Å². The first-order valence-electron chi connectivity index (χ1n) is 19.1. The summed E-state index contributed by atoms with van der Waals surface area (Å²) in [5.41, 5.74) is 5.37. The molecule has 12 nitrogen and oxygen atoms in total. The summed E-state index contributed by atoms with van der Waals surface area (Å²) in [4.78, 5) is 33.2. The Bertz CT molecular complexity index is 2490. The van der Waals surface area contributed by atoms with Gasteiger partial charge in [-0.05, 0) is 67.4 Å². The number of carbonyl (C=O) groups is 1. The summed E-state index contributed by atoms with van der Waals surface area (Å²) in [6.07, 6.45) is 4.86. The number of halogens is 5. The van der Waals surface area contributed by atoms with E-state index in [4.69, 9.17) is 38.7 Å². The van der Waals surface area contributed by atoms with E-state index in [9.17, 15) is 14.4 Å². The van der Waals surface area contributed by atoms with Gasteiger partial charge in [0.25, 0.3) is 0 Å². The molecule has 1 spiro atoms. The van der Waals surface area contributed by atoms with E-state index in [-0.39, 0.29) is 83.6 Å². The predicted molar refractivity (Wildman–Crippen MR) is 213 cm³/mol. The number of likely N-dealkylation sites (tertiary alicyclic amines) is 1. The monoisotopic (exact) mass is 838 g/mol. The second-order valence-electron chi connectivity index (χ2n) is 16.2. The third kappa shape index (κ3) is 6.15. The van der Waals surface area contributed by atoms with Crippen LogP contribution in [-0.2, 0) is 0 Å². The molecule has 2 N–H and O–H groups in total. The first kappa shape index (κ1) is 38.1. The van der Waals surface area contributed by atoms with Crippen molar-refractivity contribution >= 4 is 72.4 Å². The van der Waals surface area contributed by atoms with Gasteiger partial charge in [-0.25, -0.2) is 22.9 Å². The number of carbonyl (C=O) groups excluding carboxylic acids is 1. The molecule has 0 radical (unpaired) electrons. The lowest BCUT2D eigenvalue weighted by molar-refractivity contribution is -0.0649. The summed E-state index contributed by atoms with van der Waals surface area (Å²) in [6, 6.07) is 5.70. The van der Waals surface area contributed by atoms with Crippen LogP contribution in [-0.4, -0.2) is 97.6 Å². The fourth-order valence-electron chi connectivity index (χ4n) is 10.2. The zero-order valence-electron chi connectivity index (χ0n) is 31.2. The van der Waals surface area contributed by atoms with E-state index in [0.717, 1.165) is 54.7 Å². The van der Waals surface area contributed by atoms with E-state index < -0.39 is 23.3 Å². The molecule has 18 heteroatoms. The second kappa shape index (κ2) is 14.1. The molecule has 298 valence electrons. The van der Waals surface area contributed by atoms with Crippen LogP contribution in [0.4, 0.5) is 28.8 Å². The lowest BCUT2D eigenvalue weighted by Crippen LogP contribution is -2.71. The number of alkyl halides is 1. The number of nitrogens with two attached hydrogens (primary N) is 1. The van der Waals surface area contributed by atoms with Crippen LogP contribution in [0.3, 0.4) is 0 Å². The molecule has 1 amide bonds. The number of amides is 1. The van der Waals surface area contributed by atoms with Crippen LogP contribution < -0.4 is 15.4 Å². The molecule has 4 atom stereocenters. The van der Waals surface area contributed by atoms with Crippen molar-refractivity contribution < 1.29 is 22.7 Å². The smallest absolute Gasteiger partial charge is 0.346 e. The fourth-order valence-corrected chi connectivity index (χ4v) is 11.6. The van der Waals surface area contributed by atoms with Crippen LogP contribution in [0.5, 0.6) is 6.01 Å². The predicted octanol–water partition coefficient (Wildman–Crippen LogP) is 8.08. The summed E-state index contributed by atoms with van der Waals surface area (Å²) < 4.78 is 54.9. The Morgan fingerprint density at radius 1 is 1.16 bits per heavy atom. The number of aromatic nitrogens is 5. The van der Waals surface area contributed by atoms with Crippen LogP contribution in [0.2, 0.25) is 10.3 Å². The summed E-state index contributed by atoms with van der Waals surface area (Å²) in [5, 5.41) is 14.6. The number of fused-ring (bicyclic) bond motifs is 3. The van der Waals surface area contributed by atoms with Gasteiger partial charge in [-0.15, -0.1) is 16.4 Å². The average Bonchev–Trinajstić information content (AvgIpc) is 3.89. The summed E-state index contributed by atoms with van der Waals surface area (Å²) in [6.45, 7) is 6.91. The number of anilines is 2. The van der Waals surface area contributed by atoms with E-state index in [1.165, 1.54) is 18.5 Å². The van der Waals surface area contributed by atoms with Crippen molar-refractivity contribution in [3.8, 4) is 23.2 Å². The molecule has 7 heterocycles. The highest BCUT2D eigenvalue weighted by molar-refractivity contribution is 7.23. The number of benzene rings is 2. The maximum absolute atomic E-state index is 17.4. The van der Waals surface area contributed by atoms with Gasteiger partial charge in [0, 0.05) is 60.4 Å². The van der Waals surface area contributed by atoms with Crippen molar-refractivity contribution in [1.29, 1.82) is 5.26 Å². The number of hydrogen-bond donors (Lipinski definition) is 1. The normalized spacial score (nSPS) is 25.0. The largest absolute Gasteiger partial charge is 0.461 e. The maximum atomic E-state index is 17.4. The molecular formula is C39H39Cl2F3N10O2S. The fraction of sp³-hybridized carbons (Fsp3) is 0.487. The van der Waals surface area contributed by atoms with Gasteiger partial charge in [0.05, 0.1) is 20.8 Å². The summed E-state index contributed by atoms with van der Waals surface area (Å²) >= 11 is 13.9. The van der Waals surface area contributed by atoms with Crippen LogP contribution >= 0.6 is 34.5 Å². The molecule has 0 bridgehead atoms. The zero-order valence-corrected chi connectivity index (χ0v) is 33.6. The minimum Gasteiger partial charge on any atom is -0.461 e. The first-order chi connectivity index (χ1) is 27.3. The van der Waals surface area contributed by atoms with E-state index >= 15 is 8.78 Å². The minimum atomic E-state index is -0.973. The van der Waals surface area contributed by atoms with Crippen LogP contribution in [0.1, 0.15) is 57.9 Å². The molecule has 4 saturated heterocycles. The topological polar surface area (TPSA) is 142 Å². The van der Waals surface area contributed by atoms with E-state index in [0.29, 0.717) is 43.8 Å². The minimum absolute atomic E-state index is 0.0111. The molecule has 4 fully saturated rings. The molecule has 5 aromatic rings. The van der Waals surface area contributed by atoms with E-state index in [1.807, 2.05) is 6.07 Å². The van der Waals surface area contributed by atoms with Gasteiger partial charge in [-0.1, -0.05) is 37.9 Å². The van der Waals surface area contributed by atoms with Crippen LogP contribution in [0.15, 0.2) is 24.5 Å². The van der Waals surface area contributed by atoms with Gasteiger partial charge in [0.1, 0.15) is 47.3 Å². The van der Waals surface area contributed by atoms with Crippen LogP contribution in [0, 0.1) is 34.3 Å². The SMILES string of the molecule is CC(C)[C@H]1N(C(=O)n2cnc(Cl)n2)C[C@]12CCCCN(c1nc(OC[C@@]34CCCN3C[C@H](F)C4)nc3c(F)c(-c4ccc(F)c5sc(N)c(C#N)c45)c(Cl)cc13)C2. The highest BCUT2D eigenvalue weighted by atomic mass is 35.5. The Labute approximate surface area is 340 Å². The third-order valence-electron chi connectivity index (χ3n) is 12.4. The highest BCUT2D eigenvalue weighted by Crippen LogP contribution is 2.50. The molecule has 9 rings (SSSR count). The maximum Gasteiger partial charge on any atom is 0.346 e. The lowest BCUT2D eigenvalue weighted by Gasteiger charge is -2.59. The standard InChI is InChI=1S/C39H39Cl2F3N10O2S/c1-20(2)32-38(17-53(32)37(55)54-19-47-35(41)50-54)8-3-4-10-51(16-38)34-23-12-25(40)28(22-6-7-26(43)31-27(22)24(14-45)33(46)57-31)29(44)30(23)48-36(49-34)56-18-39-9-5-11-52(39)15-21(42)13-39/h6-7,12,19-21,32H,3-5,8-11,13,15-18,46H2,1-2H3/t21-,32-,38-,39+/m1/s1. The summed E-state index contributed by atoms with van der Waals surface area (Å²) in [7, 11) is 0.